The first-order chi connectivity index (χ1) is 15.5. The molecular weight excluding hydrogens is 408 g/mol. The number of pyridine rings is 1. The van der Waals surface area contributed by atoms with Gasteiger partial charge in [-0.3, -0.25) is 9.78 Å². The lowest BCUT2D eigenvalue weighted by Crippen LogP contribution is -2.29. The third-order valence-electron chi connectivity index (χ3n) is 5.20. The van der Waals surface area contributed by atoms with E-state index in [0.29, 0.717) is 17.0 Å². The number of carboxylic acids is 1. The van der Waals surface area contributed by atoms with Crippen molar-refractivity contribution in [2.45, 2.75) is 19.9 Å². The SMILES string of the molecule is CCn1nc(C(=O)O)c(Cc2cccc(OC)c2)c(Nc2cncc3ccccc23)c1=O. The number of nitrogens with one attached hydrogen (secondary N) is 1. The summed E-state index contributed by atoms with van der Waals surface area (Å²) >= 11 is 0. The zero-order chi connectivity index (χ0) is 22.7. The number of aromatic nitrogens is 3. The molecule has 0 amide bonds. The number of rotatable bonds is 7. The number of methoxy groups -OCH3 is 1. The highest BCUT2D eigenvalue weighted by molar-refractivity contribution is 5.95. The zero-order valence-corrected chi connectivity index (χ0v) is 17.7. The third-order valence-corrected chi connectivity index (χ3v) is 5.20. The fraction of sp³-hybridized carbons (Fsp3) is 0.167. The lowest BCUT2D eigenvalue weighted by atomic mass is 10.0. The monoisotopic (exact) mass is 430 g/mol. The highest BCUT2D eigenvalue weighted by Crippen LogP contribution is 2.28. The van der Waals surface area contributed by atoms with E-state index in [1.54, 1.807) is 38.6 Å². The van der Waals surface area contributed by atoms with Crippen LogP contribution in [-0.4, -0.2) is 33.0 Å². The van der Waals surface area contributed by atoms with Crippen LogP contribution in [0.3, 0.4) is 0 Å². The second-order valence-electron chi connectivity index (χ2n) is 7.19. The van der Waals surface area contributed by atoms with Crippen molar-refractivity contribution in [2.24, 2.45) is 0 Å². The van der Waals surface area contributed by atoms with Gasteiger partial charge in [0.1, 0.15) is 11.4 Å². The van der Waals surface area contributed by atoms with E-state index in [1.807, 2.05) is 36.4 Å². The highest BCUT2D eigenvalue weighted by Gasteiger charge is 2.23. The fourth-order valence-corrected chi connectivity index (χ4v) is 3.63. The minimum atomic E-state index is -1.20. The molecule has 0 aliphatic carbocycles. The maximum absolute atomic E-state index is 13.2. The van der Waals surface area contributed by atoms with Crippen molar-refractivity contribution in [3.8, 4) is 5.75 Å². The van der Waals surface area contributed by atoms with Crippen LogP contribution < -0.4 is 15.6 Å². The molecule has 2 heterocycles. The molecule has 162 valence electrons. The Morgan fingerprint density at radius 2 is 1.97 bits per heavy atom. The van der Waals surface area contributed by atoms with Gasteiger partial charge in [0, 0.05) is 35.5 Å². The van der Waals surface area contributed by atoms with Gasteiger partial charge in [-0.25, -0.2) is 9.48 Å². The molecule has 2 aromatic heterocycles. The Bertz CT molecular complexity index is 1360. The van der Waals surface area contributed by atoms with Gasteiger partial charge in [0.15, 0.2) is 5.69 Å². The predicted octanol–water partition coefficient (Wildman–Crippen LogP) is 3.85. The molecule has 4 rings (SSSR count). The van der Waals surface area contributed by atoms with Crippen LogP contribution in [0.4, 0.5) is 11.4 Å². The van der Waals surface area contributed by atoms with E-state index in [9.17, 15) is 14.7 Å². The summed E-state index contributed by atoms with van der Waals surface area (Å²) in [4.78, 5) is 29.6. The van der Waals surface area contributed by atoms with Crippen LogP contribution in [0.25, 0.3) is 10.8 Å². The number of nitrogens with zero attached hydrogens (tertiary/aromatic N) is 3. The third kappa shape index (κ3) is 4.02. The maximum Gasteiger partial charge on any atom is 0.356 e. The molecule has 0 radical (unpaired) electrons. The van der Waals surface area contributed by atoms with Gasteiger partial charge in [0.25, 0.3) is 5.56 Å². The number of benzene rings is 2. The molecule has 32 heavy (non-hydrogen) atoms. The minimum Gasteiger partial charge on any atom is -0.497 e. The van der Waals surface area contributed by atoms with Crippen molar-refractivity contribution in [1.82, 2.24) is 14.8 Å². The van der Waals surface area contributed by atoms with Crippen LogP contribution >= 0.6 is 0 Å². The first-order valence-electron chi connectivity index (χ1n) is 10.1. The van der Waals surface area contributed by atoms with Crippen LogP contribution in [0.15, 0.2) is 65.7 Å². The van der Waals surface area contributed by atoms with E-state index in [-0.39, 0.29) is 24.3 Å². The van der Waals surface area contributed by atoms with Crippen molar-refractivity contribution in [1.29, 1.82) is 0 Å². The smallest absolute Gasteiger partial charge is 0.356 e. The van der Waals surface area contributed by atoms with Crippen molar-refractivity contribution in [3.05, 3.63) is 88.1 Å². The average molecular weight is 430 g/mol. The van der Waals surface area contributed by atoms with E-state index in [4.69, 9.17) is 4.74 Å². The fourth-order valence-electron chi connectivity index (χ4n) is 3.63. The average Bonchev–Trinajstić information content (AvgIpc) is 2.81. The predicted molar refractivity (Wildman–Crippen MR) is 122 cm³/mol. The molecule has 0 saturated carbocycles. The summed E-state index contributed by atoms with van der Waals surface area (Å²) in [6, 6.07) is 14.9. The summed E-state index contributed by atoms with van der Waals surface area (Å²) < 4.78 is 6.44. The molecule has 0 atom stereocenters. The minimum absolute atomic E-state index is 0.167. The summed E-state index contributed by atoms with van der Waals surface area (Å²) in [6.07, 6.45) is 3.54. The van der Waals surface area contributed by atoms with Crippen molar-refractivity contribution in [3.63, 3.8) is 0 Å². The molecule has 0 aliphatic heterocycles. The summed E-state index contributed by atoms with van der Waals surface area (Å²) in [7, 11) is 1.56. The lowest BCUT2D eigenvalue weighted by molar-refractivity contribution is 0.0686. The summed E-state index contributed by atoms with van der Waals surface area (Å²) in [5, 5.41) is 18.9. The Labute approximate surface area is 184 Å². The van der Waals surface area contributed by atoms with E-state index < -0.39 is 11.5 Å². The van der Waals surface area contributed by atoms with Gasteiger partial charge in [-0.05, 0) is 24.6 Å². The number of anilines is 2. The highest BCUT2D eigenvalue weighted by atomic mass is 16.5. The Morgan fingerprint density at radius 1 is 1.16 bits per heavy atom. The summed E-state index contributed by atoms with van der Waals surface area (Å²) in [5.41, 5.74) is 1.29. The Hall–Kier alpha value is -4.20. The normalized spacial score (nSPS) is 10.8. The van der Waals surface area contributed by atoms with Gasteiger partial charge in [-0.2, -0.15) is 5.10 Å². The van der Waals surface area contributed by atoms with Gasteiger partial charge in [0.2, 0.25) is 0 Å². The first kappa shape index (κ1) is 21.0. The van der Waals surface area contributed by atoms with Crippen LogP contribution in [-0.2, 0) is 13.0 Å². The van der Waals surface area contributed by atoms with Crippen molar-refractivity contribution >= 4 is 28.1 Å². The Morgan fingerprint density at radius 3 is 2.72 bits per heavy atom. The Balaban J connectivity index is 1.92. The maximum atomic E-state index is 13.2. The van der Waals surface area contributed by atoms with Crippen molar-refractivity contribution in [2.75, 3.05) is 12.4 Å². The molecule has 8 nitrogen and oxygen atoms in total. The topological polar surface area (TPSA) is 106 Å². The number of carbonyl (C=O) groups is 1. The molecule has 0 bridgehead atoms. The van der Waals surface area contributed by atoms with E-state index in [1.165, 1.54) is 0 Å². The van der Waals surface area contributed by atoms with Gasteiger partial charge in [0.05, 0.1) is 19.0 Å². The molecule has 2 aromatic carbocycles. The van der Waals surface area contributed by atoms with E-state index >= 15 is 0 Å². The number of hydrogen-bond donors (Lipinski definition) is 2. The number of hydrogen-bond acceptors (Lipinski definition) is 6. The lowest BCUT2D eigenvalue weighted by Gasteiger charge is -2.17. The van der Waals surface area contributed by atoms with Gasteiger partial charge < -0.3 is 15.2 Å². The molecule has 0 aliphatic rings. The quantitative estimate of drug-likeness (QED) is 0.459. The largest absolute Gasteiger partial charge is 0.497 e. The molecule has 4 aromatic rings. The van der Waals surface area contributed by atoms with Crippen LogP contribution in [0.5, 0.6) is 5.75 Å². The van der Waals surface area contributed by atoms with Gasteiger partial charge in [-0.1, -0.05) is 36.4 Å². The molecule has 0 saturated heterocycles. The number of aryl methyl sites for hydroxylation is 1. The molecule has 2 N–H and O–H groups in total. The van der Waals surface area contributed by atoms with Crippen molar-refractivity contribution < 1.29 is 14.6 Å². The zero-order valence-electron chi connectivity index (χ0n) is 17.7. The molecular formula is C24H22N4O4. The Kier molecular flexibility index (Phi) is 5.85. The van der Waals surface area contributed by atoms with Gasteiger partial charge >= 0.3 is 5.97 Å². The summed E-state index contributed by atoms with van der Waals surface area (Å²) in [6.45, 7) is 1.98. The number of carboxylic acid groups (broad SMARTS) is 1. The van der Waals surface area contributed by atoms with E-state index in [0.717, 1.165) is 21.0 Å². The molecule has 8 heteroatoms. The number of fused-ring (bicyclic) bond motifs is 1. The number of aromatic carboxylic acids is 1. The van der Waals surface area contributed by atoms with Crippen LogP contribution in [0.1, 0.15) is 28.5 Å². The first-order valence-corrected chi connectivity index (χ1v) is 10.1. The van der Waals surface area contributed by atoms with E-state index in [2.05, 4.69) is 15.4 Å². The van der Waals surface area contributed by atoms with Crippen LogP contribution in [0.2, 0.25) is 0 Å². The summed E-state index contributed by atoms with van der Waals surface area (Å²) in [5.74, 6) is -0.564. The second kappa shape index (κ2) is 8.89. The van der Waals surface area contributed by atoms with Gasteiger partial charge in [-0.15, -0.1) is 0 Å². The molecule has 0 fully saturated rings. The van der Waals surface area contributed by atoms with Crippen LogP contribution in [0, 0.1) is 0 Å². The molecule has 0 unspecified atom stereocenters. The second-order valence-corrected chi connectivity index (χ2v) is 7.19. The standard InChI is InChI=1S/C24H22N4O4/c1-3-28-23(29)21(26-20-14-25-13-16-8-4-5-10-18(16)20)19(22(27-28)24(30)31)12-15-7-6-9-17(11-15)32-2/h4-11,13-14,26H,3,12H2,1-2H3,(H,30,31). The molecule has 0 spiro atoms. The number of ether oxygens (including phenoxy) is 1.